The molecule has 0 aromatic heterocycles. The first kappa shape index (κ1) is 11.6. The molecule has 0 heterocycles. The Morgan fingerprint density at radius 2 is 1.69 bits per heavy atom. The Bertz CT molecular complexity index is 319. The van der Waals surface area contributed by atoms with Crippen LogP contribution in [0.1, 0.15) is 0 Å². The predicted octanol–water partition coefficient (Wildman–Crippen LogP) is -2.07. The summed E-state index contributed by atoms with van der Waals surface area (Å²) in [6.07, 6.45) is 1.05. The van der Waals surface area contributed by atoms with E-state index in [9.17, 15) is 18.0 Å². The SMILES string of the molecule is C=CCS(=O)(=O)C(C(N)=O)C(N)=O. The van der Waals surface area contributed by atoms with Gasteiger partial charge in [-0.3, -0.25) is 9.59 Å². The van der Waals surface area contributed by atoms with E-state index in [2.05, 4.69) is 6.58 Å². The molecule has 74 valence electrons. The van der Waals surface area contributed by atoms with Gasteiger partial charge in [0, 0.05) is 0 Å². The van der Waals surface area contributed by atoms with Crippen LogP contribution in [0.2, 0.25) is 0 Å². The highest BCUT2D eigenvalue weighted by Crippen LogP contribution is 2.01. The lowest BCUT2D eigenvalue weighted by Gasteiger charge is -2.08. The van der Waals surface area contributed by atoms with Crippen LogP contribution in [-0.4, -0.2) is 31.2 Å². The van der Waals surface area contributed by atoms with E-state index in [0.29, 0.717) is 0 Å². The Hall–Kier alpha value is -1.37. The number of primary amides is 2. The van der Waals surface area contributed by atoms with E-state index in [1.165, 1.54) is 0 Å². The maximum absolute atomic E-state index is 11.1. The minimum Gasteiger partial charge on any atom is -0.368 e. The number of sulfone groups is 1. The Morgan fingerprint density at radius 1 is 1.31 bits per heavy atom. The molecule has 0 aromatic rings. The van der Waals surface area contributed by atoms with E-state index in [1.807, 2.05) is 0 Å². The van der Waals surface area contributed by atoms with Crippen LogP contribution in [0.25, 0.3) is 0 Å². The topological polar surface area (TPSA) is 120 Å². The lowest BCUT2D eigenvalue weighted by atomic mass is 10.4. The fourth-order valence-electron chi connectivity index (χ4n) is 0.755. The normalized spacial score (nSPS) is 11.2. The van der Waals surface area contributed by atoms with Gasteiger partial charge in [-0.05, 0) is 0 Å². The third-order valence-corrected chi connectivity index (χ3v) is 3.11. The lowest BCUT2D eigenvalue weighted by molar-refractivity contribution is -0.125. The summed E-state index contributed by atoms with van der Waals surface area (Å²) < 4.78 is 22.3. The average molecular weight is 206 g/mol. The summed E-state index contributed by atoms with van der Waals surface area (Å²) in [6.45, 7) is 3.16. The van der Waals surface area contributed by atoms with Gasteiger partial charge in [-0.15, -0.1) is 6.58 Å². The summed E-state index contributed by atoms with van der Waals surface area (Å²) in [5, 5.41) is -1.97. The van der Waals surface area contributed by atoms with Crippen molar-refractivity contribution < 1.29 is 18.0 Å². The van der Waals surface area contributed by atoms with Crippen molar-refractivity contribution in [1.29, 1.82) is 0 Å². The van der Waals surface area contributed by atoms with Crippen LogP contribution in [0.4, 0.5) is 0 Å². The van der Waals surface area contributed by atoms with Crippen LogP contribution in [-0.2, 0) is 19.4 Å². The molecular weight excluding hydrogens is 196 g/mol. The molecule has 0 radical (unpaired) electrons. The van der Waals surface area contributed by atoms with E-state index in [0.717, 1.165) is 6.08 Å². The van der Waals surface area contributed by atoms with E-state index < -0.39 is 32.7 Å². The van der Waals surface area contributed by atoms with Gasteiger partial charge >= 0.3 is 0 Å². The molecule has 0 rings (SSSR count). The molecule has 4 N–H and O–H groups in total. The second kappa shape index (κ2) is 4.04. The molecule has 2 amide bonds. The molecule has 0 aromatic carbocycles. The van der Waals surface area contributed by atoms with Crippen molar-refractivity contribution in [2.75, 3.05) is 5.75 Å². The largest absolute Gasteiger partial charge is 0.368 e. The second-order valence-corrected chi connectivity index (χ2v) is 4.43. The van der Waals surface area contributed by atoms with Crippen LogP contribution in [0.3, 0.4) is 0 Å². The summed E-state index contributed by atoms with van der Waals surface area (Å²) in [4.78, 5) is 21.1. The van der Waals surface area contributed by atoms with Gasteiger partial charge in [-0.2, -0.15) is 0 Å². The molecule has 0 aliphatic heterocycles. The van der Waals surface area contributed by atoms with Crippen LogP contribution >= 0.6 is 0 Å². The molecule has 0 aliphatic rings. The van der Waals surface area contributed by atoms with Crippen molar-refractivity contribution in [3.05, 3.63) is 12.7 Å². The summed E-state index contributed by atoms with van der Waals surface area (Å²) in [6, 6.07) is 0. The third-order valence-electron chi connectivity index (χ3n) is 1.23. The quantitative estimate of drug-likeness (QED) is 0.396. The van der Waals surface area contributed by atoms with Crippen LogP contribution in [0, 0.1) is 0 Å². The smallest absolute Gasteiger partial charge is 0.245 e. The van der Waals surface area contributed by atoms with Crippen molar-refractivity contribution in [3.8, 4) is 0 Å². The van der Waals surface area contributed by atoms with Crippen molar-refractivity contribution in [2.24, 2.45) is 11.5 Å². The zero-order valence-electron chi connectivity index (χ0n) is 6.76. The standard InChI is InChI=1S/C6H10N2O4S/c1-2-3-13(11,12)4(5(7)9)6(8)10/h2,4H,1,3H2,(H2,7,9)(H2,8,10). The van der Waals surface area contributed by atoms with Gasteiger partial charge in [-0.1, -0.05) is 6.08 Å². The zero-order valence-corrected chi connectivity index (χ0v) is 7.58. The molecular formula is C6H10N2O4S. The monoisotopic (exact) mass is 206 g/mol. The average Bonchev–Trinajstić information content (AvgIpc) is 1.82. The Kier molecular flexibility index (Phi) is 3.61. The highest BCUT2D eigenvalue weighted by molar-refractivity contribution is 7.93. The van der Waals surface area contributed by atoms with E-state index >= 15 is 0 Å². The molecule has 0 aliphatic carbocycles. The van der Waals surface area contributed by atoms with Crippen molar-refractivity contribution in [2.45, 2.75) is 5.25 Å². The molecule has 0 saturated carbocycles. The molecule has 0 bridgehead atoms. The predicted molar refractivity (Wildman–Crippen MR) is 46.2 cm³/mol. The zero-order chi connectivity index (χ0) is 10.6. The molecule has 7 heteroatoms. The molecule has 0 spiro atoms. The summed E-state index contributed by atoms with van der Waals surface area (Å²) >= 11 is 0. The molecule has 0 unspecified atom stereocenters. The van der Waals surface area contributed by atoms with E-state index in [1.54, 1.807) is 0 Å². The second-order valence-electron chi connectivity index (χ2n) is 2.30. The van der Waals surface area contributed by atoms with Gasteiger partial charge in [-0.25, -0.2) is 8.42 Å². The highest BCUT2D eigenvalue weighted by atomic mass is 32.2. The molecule has 0 fully saturated rings. The number of carbonyl (C=O) groups excluding carboxylic acids is 2. The van der Waals surface area contributed by atoms with Crippen LogP contribution < -0.4 is 11.5 Å². The van der Waals surface area contributed by atoms with Crippen LogP contribution in [0.5, 0.6) is 0 Å². The van der Waals surface area contributed by atoms with Gasteiger partial charge in [0.25, 0.3) is 0 Å². The van der Waals surface area contributed by atoms with Crippen LogP contribution in [0.15, 0.2) is 12.7 Å². The Morgan fingerprint density at radius 3 is 1.92 bits per heavy atom. The minimum absolute atomic E-state index is 0.510. The molecule has 0 saturated heterocycles. The van der Waals surface area contributed by atoms with Gasteiger partial charge in [0.1, 0.15) is 0 Å². The summed E-state index contributed by atoms with van der Waals surface area (Å²) in [5.41, 5.74) is 9.40. The number of carbonyl (C=O) groups is 2. The number of hydrogen-bond donors (Lipinski definition) is 2. The number of nitrogens with two attached hydrogens (primary N) is 2. The fourth-order valence-corrected chi connectivity index (χ4v) is 1.98. The van der Waals surface area contributed by atoms with Gasteiger partial charge in [0.2, 0.25) is 17.1 Å². The first-order valence-electron chi connectivity index (χ1n) is 3.24. The first-order valence-corrected chi connectivity index (χ1v) is 4.95. The maximum Gasteiger partial charge on any atom is 0.245 e. The summed E-state index contributed by atoms with van der Waals surface area (Å²) in [7, 11) is -3.94. The lowest BCUT2D eigenvalue weighted by Crippen LogP contribution is -2.46. The van der Waals surface area contributed by atoms with E-state index in [-0.39, 0.29) is 0 Å². The van der Waals surface area contributed by atoms with Gasteiger partial charge in [0.15, 0.2) is 9.84 Å². The third kappa shape index (κ3) is 2.86. The van der Waals surface area contributed by atoms with Crippen molar-refractivity contribution in [3.63, 3.8) is 0 Å². The number of amides is 2. The Labute approximate surface area is 75.5 Å². The van der Waals surface area contributed by atoms with Gasteiger partial charge in [0.05, 0.1) is 5.75 Å². The fraction of sp³-hybridized carbons (Fsp3) is 0.333. The van der Waals surface area contributed by atoms with Gasteiger partial charge < -0.3 is 11.5 Å². The number of rotatable bonds is 5. The van der Waals surface area contributed by atoms with E-state index in [4.69, 9.17) is 11.5 Å². The molecule has 0 atom stereocenters. The minimum atomic E-state index is -3.94. The molecule has 13 heavy (non-hydrogen) atoms. The Balaban J connectivity index is 5.07. The first-order chi connectivity index (χ1) is 5.83. The van der Waals surface area contributed by atoms with Crippen molar-refractivity contribution >= 4 is 21.7 Å². The highest BCUT2D eigenvalue weighted by Gasteiger charge is 2.34. The van der Waals surface area contributed by atoms with Crippen molar-refractivity contribution in [1.82, 2.24) is 0 Å². The molecule has 6 nitrogen and oxygen atoms in total. The number of hydrogen-bond acceptors (Lipinski definition) is 4. The maximum atomic E-state index is 11.1. The summed E-state index contributed by atoms with van der Waals surface area (Å²) in [5.74, 6) is -3.05.